The molecule has 1 amide bonds. The fourth-order valence-corrected chi connectivity index (χ4v) is 2.42. The molecule has 0 bridgehead atoms. The van der Waals surface area contributed by atoms with Crippen molar-refractivity contribution in [1.82, 2.24) is 10.3 Å². The molecule has 0 radical (unpaired) electrons. The lowest BCUT2D eigenvalue weighted by molar-refractivity contribution is 0.0475. The van der Waals surface area contributed by atoms with Crippen LogP contribution in [0.5, 0.6) is 0 Å². The van der Waals surface area contributed by atoms with Crippen molar-refractivity contribution in [2.75, 3.05) is 5.32 Å². The largest absolute Gasteiger partial charge is 0.444 e. The number of halogens is 1. The molecule has 1 aliphatic rings. The molecule has 0 unspecified atom stereocenters. The fourth-order valence-electron chi connectivity index (χ4n) is 2.23. The number of carbonyl (C=O) groups excluding carboxylic acids is 1. The summed E-state index contributed by atoms with van der Waals surface area (Å²) in [7, 11) is 0. The van der Waals surface area contributed by atoms with E-state index in [4.69, 9.17) is 16.3 Å². The van der Waals surface area contributed by atoms with Crippen LogP contribution in [0.25, 0.3) is 0 Å². The summed E-state index contributed by atoms with van der Waals surface area (Å²) in [6, 6.07) is 4.20. The van der Waals surface area contributed by atoms with E-state index in [0.29, 0.717) is 11.2 Å². The van der Waals surface area contributed by atoms with Crippen LogP contribution in [0.3, 0.4) is 0 Å². The summed E-state index contributed by atoms with van der Waals surface area (Å²) in [5.41, 5.74) is 1.41. The van der Waals surface area contributed by atoms with Crippen LogP contribution in [-0.4, -0.2) is 28.8 Å². The molecule has 0 spiro atoms. The van der Waals surface area contributed by atoms with Crippen molar-refractivity contribution in [3.8, 4) is 0 Å². The molecule has 0 saturated heterocycles. The van der Waals surface area contributed by atoms with E-state index in [0.717, 1.165) is 24.2 Å². The highest BCUT2D eigenvalue weighted by Crippen LogP contribution is 2.26. The Hall–Kier alpha value is -1.49. The van der Waals surface area contributed by atoms with Gasteiger partial charge in [-0.25, -0.2) is 9.78 Å². The van der Waals surface area contributed by atoms with Gasteiger partial charge in [0.05, 0.1) is 11.4 Å². The van der Waals surface area contributed by atoms with Gasteiger partial charge in [-0.05, 0) is 52.7 Å². The number of hydrogen-bond acceptors (Lipinski definition) is 4. The minimum absolute atomic E-state index is 0.165. The van der Waals surface area contributed by atoms with E-state index in [1.807, 2.05) is 33.8 Å². The lowest BCUT2D eigenvalue weighted by Crippen LogP contribution is -2.50. The molecule has 6 heteroatoms. The van der Waals surface area contributed by atoms with Crippen molar-refractivity contribution in [1.29, 1.82) is 0 Å². The second-order valence-corrected chi connectivity index (χ2v) is 6.81. The zero-order valence-corrected chi connectivity index (χ0v) is 13.6. The molecule has 1 aromatic heterocycles. The van der Waals surface area contributed by atoms with Gasteiger partial charge in [0.25, 0.3) is 0 Å². The molecule has 0 atom stereocenters. The Morgan fingerprint density at radius 2 is 2.00 bits per heavy atom. The molecule has 0 aromatic carbocycles. The second-order valence-electron chi connectivity index (χ2n) is 6.42. The fraction of sp³-hybridized carbons (Fsp3) is 0.600. The van der Waals surface area contributed by atoms with E-state index in [-0.39, 0.29) is 12.1 Å². The minimum Gasteiger partial charge on any atom is -0.444 e. The van der Waals surface area contributed by atoms with Gasteiger partial charge in [0.15, 0.2) is 0 Å². The number of rotatable bonds is 3. The number of hydrogen-bond donors (Lipinski definition) is 2. The van der Waals surface area contributed by atoms with Gasteiger partial charge in [0.1, 0.15) is 10.8 Å². The third-order valence-electron chi connectivity index (χ3n) is 3.27. The predicted octanol–water partition coefficient (Wildman–Crippen LogP) is 3.51. The Morgan fingerprint density at radius 3 is 2.57 bits per heavy atom. The van der Waals surface area contributed by atoms with Gasteiger partial charge in [-0.3, -0.25) is 0 Å². The third kappa shape index (κ3) is 4.77. The molecule has 1 saturated carbocycles. The molecule has 21 heavy (non-hydrogen) atoms. The van der Waals surface area contributed by atoms with E-state index < -0.39 is 5.60 Å². The second kappa shape index (κ2) is 6.10. The molecule has 5 nitrogen and oxygen atoms in total. The smallest absolute Gasteiger partial charge is 0.407 e. The highest BCUT2D eigenvalue weighted by molar-refractivity contribution is 6.29. The van der Waals surface area contributed by atoms with Crippen LogP contribution in [0, 0.1) is 6.92 Å². The first-order valence-corrected chi connectivity index (χ1v) is 7.50. The number of anilines is 1. The van der Waals surface area contributed by atoms with Crippen molar-refractivity contribution in [3.63, 3.8) is 0 Å². The topological polar surface area (TPSA) is 63.2 Å². The summed E-state index contributed by atoms with van der Waals surface area (Å²) < 4.78 is 5.23. The van der Waals surface area contributed by atoms with Crippen LogP contribution in [0.2, 0.25) is 5.15 Å². The summed E-state index contributed by atoms with van der Waals surface area (Å²) in [4.78, 5) is 15.8. The van der Waals surface area contributed by atoms with Gasteiger partial charge in [-0.1, -0.05) is 11.6 Å². The van der Waals surface area contributed by atoms with Gasteiger partial charge >= 0.3 is 6.09 Å². The van der Waals surface area contributed by atoms with Crippen molar-refractivity contribution in [2.24, 2.45) is 0 Å². The number of alkyl carbamates (subject to hydrolysis) is 1. The Morgan fingerprint density at radius 1 is 1.33 bits per heavy atom. The van der Waals surface area contributed by atoms with Crippen LogP contribution < -0.4 is 10.6 Å². The molecule has 1 aliphatic carbocycles. The van der Waals surface area contributed by atoms with E-state index in [9.17, 15) is 4.79 Å². The number of carbonyl (C=O) groups is 1. The highest BCUT2D eigenvalue weighted by Gasteiger charge is 2.31. The molecule has 2 N–H and O–H groups in total. The van der Waals surface area contributed by atoms with Crippen molar-refractivity contribution >= 4 is 23.4 Å². The average Bonchev–Trinajstić information content (AvgIpc) is 2.26. The van der Waals surface area contributed by atoms with Crippen LogP contribution in [0.1, 0.15) is 39.3 Å². The Kier molecular flexibility index (Phi) is 4.61. The van der Waals surface area contributed by atoms with Gasteiger partial charge in [0, 0.05) is 12.1 Å². The van der Waals surface area contributed by atoms with Gasteiger partial charge in [-0.2, -0.15) is 0 Å². The Labute approximate surface area is 130 Å². The van der Waals surface area contributed by atoms with E-state index in [2.05, 4.69) is 15.6 Å². The van der Waals surface area contributed by atoms with Crippen LogP contribution in [-0.2, 0) is 4.74 Å². The molecule has 1 fully saturated rings. The maximum Gasteiger partial charge on any atom is 0.407 e. The molecule has 0 aliphatic heterocycles. The summed E-state index contributed by atoms with van der Waals surface area (Å²) in [5, 5.41) is 6.78. The minimum atomic E-state index is -0.461. The number of amides is 1. The SMILES string of the molecule is Cc1nc(Cl)ccc1NC1CC(NC(=O)OC(C)(C)C)C1. The molecule has 116 valence electrons. The van der Waals surface area contributed by atoms with E-state index >= 15 is 0 Å². The highest BCUT2D eigenvalue weighted by atomic mass is 35.5. The van der Waals surface area contributed by atoms with E-state index in [1.165, 1.54) is 0 Å². The average molecular weight is 312 g/mol. The summed E-state index contributed by atoms with van der Waals surface area (Å²) in [5.74, 6) is 0. The number of ether oxygens (including phenoxy) is 1. The number of nitrogens with one attached hydrogen (secondary N) is 2. The predicted molar refractivity (Wildman–Crippen MR) is 83.8 cm³/mol. The Balaban J connectivity index is 1.75. The van der Waals surface area contributed by atoms with Gasteiger partial charge in [0.2, 0.25) is 0 Å². The molecular weight excluding hydrogens is 290 g/mol. The number of aromatic nitrogens is 1. The molecular formula is C15H22ClN3O2. The standard InChI is InChI=1S/C15H22ClN3O2/c1-9-12(5-6-13(16)17-9)18-10-7-11(8-10)19-14(20)21-15(2,3)4/h5-6,10-11,18H,7-8H2,1-4H3,(H,19,20). The first-order valence-electron chi connectivity index (χ1n) is 7.12. The monoisotopic (exact) mass is 311 g/mol. The van der Waals surface area contributed by atoms with Crippen molar-refractivity contribution in [3.05, 3.63) is 23.0 Å². The summed E-state index contributed by atoms with van der Waals surface area (Å²) in [6.07, 6.45) is 1.40. The zero-order chi connectivity index (χ0) is 15.6. The van der Waals surface area contributed by atoms with Crippen molar-refractivity contribution < 1.29 is 9.53 Å². The van der Waals surface area contributed by atoms with Gasteiger partial charge < -0.3 is 15.4 Å². The first kappa shape index (κ1) is 15.9. The molecule has 1 heterocycles. The lowest BCUT2D eigenvalue weighted by Gasteiger charge is -2.37. The molecule has 1 aromatic rings. The maximum absolute atomic E-state index is 11.6. The lowest BCUT2D eigenvalue weighted by atomic mass is 9.86. The normalized spacial score (nSPS) is 21.4. The van der Waals surface area contributed by atoms with Crippen LogP contribution in [0.4, 0.5) is 10.5 Å². The zero-order valence-electron chi connectivity index (χ0n) is 12.9. The molecule has 2 rings (SSSR count). The summed E-state index contributed by atoms with van der Waals surface area (Å²) in [6.45, 7) is 7.49. The quantitative estimate of drug-likeness (QED) is 0.838. The first-order chi connectivity index (χ1) is 9.73. The van der Waals surface area contributed by atoms with Crippen molar-refractivity contribution in [2.45, 2.75) is 58.2 Å². The number of nitrogens with zero attached hydrogens (tertiary/aromatic N) is 1. The summed E-state index contributed by atoms with van der Waals surface area (Å²) >= 11 is 5.83. The van der Waals surface area contributed by atoms with Crippen LogP contribution >= 0.6 is 11.6 Å². The van der Waals surface area contributed by atoms with Gasteiger partial charge in [-0.15, -0.1) is 0 Å². The maximum atomic E-state index is 11.6. The van der Waals surface area contributed by atoms with Crippen LogP contribution in [0.15, 0.2) is 12.1 Å². The third-order valence-corrected chi connectivity index (χ3v) is 3.48. The Bertz CT molecular complexity index is 522. The van der Waals surface area contributed by atoms with E-state index in [1.54, 1.807) is 6.07 Å². The number of aryl methyl sites for hydroxylation is 1. The number of pyridine rings is 1.